The Hall–Kier alpha value is -0.0800. The van der Waals surface area contributed by atoms with Crippen LogP contribution >= 0.6 is 11.6 Å². The average molecular weight is 205 g/mol. The van der Waals surface area contributed by atoms with Crippen LogP contribution in [0.2, 0.25) is 0 Å². The zero-order valence-electron chi connectivity index (χ0n) is 8.09. The summed E-state index contributed by atoms with van der Waals surface area (Å²) >= 11 is 5.43. The van der Waals surface area contributed by atoms with Crippen molar-refractivity contribution in [1.82, 2.24) is 0 Å². The first-order chi connectivity index (χ1) is 6.24. The fraction of sp³-hybridized carbons (Fsp3) is 0.900. The van der Waals surface area contributed by atoms with Gasteiger partial charge in [0.15, 0.2) is 0 Å². The topological polar surface area (TPSA) is 26.3 Å². The van der Waals surface area contributed by atoms with Crippen LogP contribution in [0.15, 0.2) is 0 Å². The summed E-state index contributed by atoms with van der Waals surface area (Å²) in [5, 5.41) is -0.172. The highest BCUT2D eigenvalue weighted by Gasteiger charge is 2.25. The first-order valence-electron chi connectivity index (χ1n) is 5.05. The summed E-state index contributed by atoms with van der Waals surface area (Å²) in [5.74, 6) is 0.0862. The Morgan fingerprint density at radius 3 is 2.46 bits per heavy atom. The Labute approximate surface area is 84.6 Å². The van der Waals surface area contributed by atoms with Crippen molar-refractivity contribution in [2.75, 3.05) is 6.61 Å². The van der Waals surface area contributed by atoms with Crippen LogP contribution in [0.4, 0.5) is 0 Å². The molecule has 0 aromatic rings. The maximum absolute atomic E-state index is 10.8. The smallest absolute Gasteiger partial charge is 0.224 e. The van der Waals surface area contributed by atoms with Crippen LogP contribution in [0.1, 0.15) is 39.0 Å². The predicted molar refractivity (Wildman–Crippen MR) is 52.8 cm³/mol. The predicted octanol–water partition coefficient (Wildman–Crippen LogP) is 2.74. The lowest BCUT2D eigenvalue weighted by Crippen LogP contribution is -2.24. The largest absolute Gasteiger partial charge is 0.378 e. The van der Waals surface area contributed by atoms with Gasteiger partial charge in [-0.3, -0.25) is 4.79 Å². The van der Waals surface area contributed by atoms with E-state index in [-0.39, 0.29) is 11.2 Å². The molecule has 76 valence electrons. The zero-order valence-corrected chi connectivity index (χ0v) is 8.85. The molecule has 0 N–H and O–H groups in total. The Bertz CT molecular complexity index is 162. The molecule has 3 heteroatoms. The standard InChI is InChI=1S/C10H17ClO2/c1-2-7-13-9-5-3-8(4-6-9)10(11)12/h8-9H,2-7H2,1H3. The molecule has 0 saturated heterocycles. The average Bonchev–Trinajstić information content (AvgIpc) is 2.15. The first-order valence-corrected chi connectivity index (χ1v) is 5.42. The molecule has 13 heavy (non-hydrogen) atoms. The van der Waals surface area contributed by atoms with Crippen molar-refractivity contribution >= 4 is 16.8 Å². The summed E-state index contributed by atoms with van der Waals surface area (Å²) in [6, 6.07) is 0. The van der Waals surface area contributed by atoms with Crippen molar-refractivity contribution in [3.63, 3.8) is 0 Å². The molecule has 1 fully saturated rings. The lowest BCUT2D eigenvalue weighted by Gasteiger charge is -2.26. The SMILES string of the molecule is CCCOC1CCC(C(=O)Cl)CC1. The second kappa shape index (κ2) is 5.61. The van der Waals surface area contributed by atoms with Crippen molar-refractivity contribution in [2.45, 2.75) is 45.1 Å². The molecule has 0 unspecified atom stereocenters. The molecule has 0 aromatic carbocycles. The zero-order chi connectivity index (χ0) is 9.68. The molecular formula is C10H17ClO2. The van der Waals surface area contributed by atoms with Crippen LogP contribution in [-0.2, 0) is 9.53 Å². The van der Waals surface area contributed by atoms with Crippen LogP contribution < -0.4 is 0 Å². The van der Waals surface area contributed by atoms with Crippen LogP contribution in [0.5, 0.6) is 0 Å². The summed E-state index contributed by atoms with van der Waals surface area (Å²) in [7, 11) is 0. The molecule has 1 aliphatic rings. The summed E-state index contributed by atoms with van der Waals surface area (Å²) in [6.07, 6.45) is 5.21. The molecule has 1 rings (SSSR count). The van der Waals surface area contributed by atoms with E-state index in [9.17, 15) is 4.79 Å². The molecule has 0 bridgehead atoms. The van der Waals surface area contributed by atoms with E-state index in [0.717, 1.165) is 38.7 Å². The van der Waals surface area contributed by atoms with Crippen molar-refractivity contribution < 1.29 is 9.53 Å². The summed E-state index contributed by atoms with van der Waals surface area (Å²) < 4.78 is 5.61. The number of hydrogen-bond donors (Lipinski definition) is 0. The fourth-order valence-electron chi connectivity index (χ4n) is 1.74. The van der Waals surface area contributed by atoms with Gasteiger partial charge in [-0.1, -0.05) is 6.92 Å². The molecule has 0 radical (unpaired) electrons. The third kappa shape index (κ3) is 3.65. The molecule has 0 atom stereocenters. The van der Waals surface area contributed by atoms with Crippen molar-refractivity contribution in [3.05, 3.63) is 0 Å². The number of carbonyl (C=O) groups is 1. The number of carbonyl (C=O) groups excluding carboxylic acids is 1. The molecular weight excluding hydrogens is 188 g/mol. The van der Waals surface area contributed by atoms with Gasteiger partial charge >= 0.3 is 0 Å². The Kier molecular flexibility index (Phi) is 4.74. The highest BCUT2D eigenvalue weighted by molar-refractivity contribution is 6.63. The molecule has 2 nitrogen and oxygen atoms in total. The van der Waals surface area contributed by atoms with Gasteiger partial charge in [-0.2, -0.15) is 0 Å². The van der Waals surface area contributed by atoms with Crippen molar-refractivity contribution in [2.24, 2.45) is 5.92 Å². The molecule has 0 heterocycles. The van der Waals surface area contributed by atoms with Gasteiger partial charge in [0.2, 0.25) is 5.24 Å². The van der Waals surface area contributed by atoms with Crippen molar-refractivity contribution in [3.8, 4) is 0 Å². The molecule has 0 amide bonds. The van der Waals surface area contributed by atoms with Gasteiger partial charge in [0.25, 0.3) is 0 Å². The number of rotatable bonds is 4. The summed E-state index contributed by atoms with van der Waals surface area (Å²) in [6.45, 7) is 2.94. The minimum Gasteiger partial charge on any atom is -0.378 e. The summed E-state index contributed by atoms with van der Waals surface area (Å²) in [5.41, 5.74) is 0. The molecule has 1 saturated carbocycles. The Balaban J connectivity index is 2.18. The molecule has 0 spiro atoms. The lowest BCUT2D eigenvalue weighted by molar-refractivity contribution is -0.116. The van der Waals surface area contributed by atoms with Gasteiger partial charge in [0, 0.05) is 12.5 Å². The van der Waals surface area contributed by atoms with E-state index in [1.165, 1.54) is 0 Å². The van der Waals surface area contributed by atoms with Crippen molar-refractivity contribution in [1.29, 1.82) is 0 Å². The highest BCUT2D eigenvalue weighted by Crippen LogP contribution is 2.27. The number of ether oxygens (including phenoxy) is 1. The number of halogens is 1. The minimum absolute atomic E-state index is 0.0862. The van der Waals surface area contributed by atoms with Gasteiger partial charge in [-0.25, -0.2) is 0 Å². The Morgan fingerprint density at radius 2 is 2.00 bits per heavy atom. The van der Waals surface area contributed by atoms with E-state index in [4.69, 9.17) is 16.3 Å². The highest BCUT2D eigenvalue weighted by atomic mass is 35.5. The number of hydrogen-bond acceptors (Lipinski definition) is 2. The molecule has 1 aliphatic carbocycles. The van der Waals surface area contributed by atoms with E-state index >= 15 is 0 Å². The van der Waals surface area contributed by atoms with E-state index < -0.39 is 0 Å². The molecule has 0 aliphatic heterocycles. The lowest BCUT2D eigenvalue weighted by atomic mass is 9.88. The van der Waals surface area contributed by atoms with Crippen LogP contribution in [0, 0.1) is 5.92 Å². The van der Waals surface area contributed by atoms with Gasteiger partial charge < -0.3 is 4.74 Å². The third-order valence-corrected chi connectivity index (χ3v) is 2.86. The molecule has 0 aromatic heterocycles. The van der Waals surface area contributed by atoms with E-state index in [2.05, 4.69) is 6.92 Å². The van der Waals surface area contributed by atoms with Crippen LogP contribution in [-0.4, -0.2) is 18.0 Å². The van der Waals surface area contributed by atoms with Crippen LogP contribution in [0.25, 0.3) is 0 Å². The van der Waals surface area contributed by atoms with E-state index in [1.807, 2.05) is 0 Å². The van der Waals surface area contributed by atoms with Gasteiger partial charge in [0.05, 0.1) is 6.10 Å². The first kappa shape index (κ1) is 11.0. The fourth-order valence-corrected chi connectivity index (χ4v) is 1.96. The maximum Gasteiger partial charge on any atom is 0.224 e. The quantitative estimate of drug-likeness (QED) is 0.659. The van der Waals surface area contributed by atoms with Gasteiger partial charge in [0.1, 0.15) is 0 Å². The maximum atomic E-state index is 10.8. The monoisotopic (exact) mass is 204 g/mol. The van der Waals surface area contributed by atoms with Gasteiger partial charge in [-0.05, 0) is 43.7 Å². The van der Waals surface area contributed by atoms with Crippen LogP contribution in [0.3, 0.4) is 0 Å². The van der Waals surface area contributed by atoms with E-state index in [1.54, 1.807) is 0 Å². The van der Waals surface area contributed by atoms with Gasteiger partial charge in [-0.15, -0.1) is 0 Å². The minimum atomic E-state index is -0.172. The summed E-state index contributed by atoms with van der Waals surface area (Å²) in [4.78, 5) is 10.8. The third-order valence-electron chi connectivity index (χ3n) is 2.55. The van der Waals surface area contributed by atoms with E-state index in [0.29, 0.717) is 6.10 Å². The normalized spacial score (nSPS) is 28.8. The Morgan fingerprint density at radius 1 is 1.38 bits per heavy atom. The second-order valence-corrected chi connectivity index (χ2v) is 4.02. The second-order valence-electron chi connectivity index (χ2n) is 3.65.